The number of amides is 2. The summed E-state index contributed by atoms with van der Waals surface area (Å²) < 4.78 is 0.855. The number of nitrogens with one attached hydrogen (secondary N) is 1. The molecule has 2 heterocycles. The number of carbonyl (C=O) groups is 2. The van der Waals surface area contributed by atoms with E-state index in [0.717, 1.165) is 41.4 Å². The van der Waals surface area contributed by atoms with Gasteiger partial charge in [-0.05, 0) is 42.5 Å². The highest BCUT2D eigenvalue weighted by Gasteiger charge is 2.46. The molecule has 2 aliphatic heterocycles. The van der Waals surface area contributed by atoms with Crippen molar-refractivity contribution >= 4 is 50.7 Å². The number of nitrogens with zero attached hydrogens (tertiary/aromatic N) is 2. The fourth-order valence-corrected chi connectivity index (χ4v) is 4.40. The Balaban J connectivity index is 1.44. The van der Waals surface area contributed by atoms with Gasteiger partial charge in [0.05, 0.1) is 38.3 Å². The zero-order chi connectivity index (χ0) is 19.0. The number of hydrogen-bond acceptors (Lipinski definition) is 3. The van der Waals surface area contributed by atoms with E-state index in [2.05, 4.69) is 20.8 Å². The van der Waals surface area contributed by atoms with Gasteiger partial charge in [-0.25, -0.2) is 4.90 Å². The number of anilines is 2. The number of benzene rings is 2. The van der Waals surface area contributed by atoms with Gasteiger partial charge in [-0.15, -0.1) is 0 Å². The Morgan fingerprint density at radius 1 is 1.00 bits per heavy atom. The molecule has 4 rings (SSSR count). The predicted octanol–water partition coefficient (Wildman–Crippen LogP) is 2.14. The summed E-state index contributed by atoms with van der Waals surface area (Å²) in [6.07, 6.45) is 0.279. The third-order valence-corrected chi connectivity index (χ3v) is 6.05. The first kappa shape index (κ1) is 18.5. The predicted molar refractivity (Wildman–Crippen MR) is 109 cm³/mol. The Morgan fingerprint density at radius 2 is 1.70 bits per heavy atom. The van der Waals surface area contributed by atoms with Gasteiger partial charge in [0.15, 0.2) is 6.04 Å². The van der Waals surface area contributed by atoms with Crippen molar-refractivity contribution < 1.29 is 14.5 Å². The molecular formula is C20H20BrClN3O2+. The van der Waals surface area contributed by atoms with Gasteiger partial charge in [0.25, 0.3) is 5.91 Å². The number of rotatable bonds is 3. The van der Waals surface area contributed by atoms with Crippen LogP contribution >= 0.6 is 27.5 Å². The van der Waals surface area contributed by atoms with E-state index >= 15 is 0 Å². The van der Waals surface area contributed by atoms with Gasteiger partial charge < -0.3 is 9.80 Å². The molecule has 2 aromatic rings. The van der Waals surface area contributed by atoms with Crippen molar-refractivity contribution in [3.05, 3.63) is 58.0 Å². The van der Waals surface area contributed by atoms with Crippen molar-refractivity contribution in [2.75, 3.05) is 36.0 Å². The largest absolute Gasteiger partial charge is 0.360 e. The second kappa shape index (κ2) is 7.62. The molecule has 0 radical (unpaired) electrons. The summed E-state index contributed by atoms with van der Waals surface area (Å²) in [5, 5.41) is 0.728. The molecule has 2 amide bonds. The van der Waals surface area contributed by atoms with E-state index in [1.807, 2.05) is 42.5 Å². The molecule has 1 unspecified atom stereocenters. The van der Waals surface area contributed by atoms with Crippen LogP contribution in [0.25, 0.3) is 0 Å². The molecule has 0 aromatic heterocycles. The van der Waals surface area contributed by atoms with E-state index in [9.17, 15) is 9.59 Å². The van der Waals surface area contributed by atoms with Crippen LogP contribution in [-0.2, 0) is 9.59 Å². The van der Waals surface area contributed by atoms with Crippen LogP contribution in [-0.4, -0.2) is 44.0 Å². The number of hydrogen-bond donors (Lipinski definition) is 1. The van der Waals surface area contributed by atoms with Crippen molar-refractivity contribution in [2.24, 2.45) is 0 Å². The highest BCUT2D eigenvalue weighted by Crippen LogP contribution is 2.25. The third-order valence-electron chi connectivity index (χ3n) is 5.30. The van der Waals surface area contributed by atoms with Crippen LogP contribution in [0, 0.1) is 0 Å². The lowest BCUT2D eigenvalue weighted by Crippen LogP contribution is -3.19. The average molecular weight is 450 g/mol. The molecule has 5 nitrogen and oxygen atoms in total. The highest BCUT2D eigenvalue weighted by molar-refractivity contribution is 9.10. The Labute approximate surface area is 171 Å². The van der Waals surface area contributed by atoms with Crippen molar-refractivity contribution in [1.82, 2.24) is 0 Å². The molecule has 1 N–H and O–H groups in total. The number of imide groups is 1. The Bertz CT molecular complexity index is 866. The molecule has 2 aliphatic rings. The standard InChI is InChI=1S/C20H19BrClN3O2/c21-14-2-1-3-17(12-14)25-19(26)13-18(20(25)27)24-10-8-23(9-11-24)16-6-4-15(22)5-7-16/h1-7,12,18H,8-11,13H2/p+1. The quantitative estimate of drug-likeness (QED) is 0.730. The minimum absolute atomic E-state index is 0.0898. The van der Waals surface area contributed by atoms with E-state index in [4.69, 9.17) is 11.6 Å². The molecule has 140 valence electrons. The second-order valence-electron chi connectivity index (χ2n) is 6.93. The van der Waals surface area contributed by atoms with E-state index < -0.39 is 0 Å². The zero-order valence-corrected chi connectivity index (χ0v) is 17.0. The molecule has 0 aliphatic carbocycles. The van der Waals surface area contributed by atoms with E-state index in [0.29, 0.717) is 5.69 Å². The minimum atomic E-state index is -0.288. The molecule has 2 aromatic carbocycles. The van der Waals surface area contributed by atoms with Crippen molar-refractivity contribution in [3.63, 3.8) is 0 Å². The van der Waals surface area contributed by atoms with Gasteiger partial charge >= 0.3 is 0 Å². The van der Waals surface area contributed by atoms with Gasteiger partial charge in [-0.1, -0.05) is 33.6 Å². The van der Waals surface area contributed by atoms with Gasteiger partial charge in [0.1, 0.15) is 0 Å². The minimum Gasteiger partial charge on any atom is -0.360 e. The summed E-state index contributed by atoms with van der Waals surface area (Å²) in [6, 6.07) is 14.9. The Morgan fingerprint density at radius 3 is 2.37 bits per heavy atom. The molecule has 2 fully saturated rings. The lowest BCUT2D eigenvalue weighted by Gasteiger charge is -2.35. The van der Waals surface area contributed by atoms with Crippen LogP contribution in [0.1, 0.15) is 6.42 Å². The summed E-state index contributed by atoms with van der Waals surface area (Å²) >= 11 is 9.37. The zero-order valence-electron chi connectivity index (χ0n) is 14.7. The number of quaternary nitrogens is 1. The summed E-state index contributed by atoms with van der Waals surface area (Å²) in [4.78, 5) is 30.3. The van der Waals surface area contributed by atoms with Crippen LogP contribution in [0.3, 0.4) is 0 Å². The van der Waals surface area contributed by atoms with Crippen LogP contribution in [0.15, 0.2) is 53.0 Å². The summed E-state index contributed by atoms with van der Waals surface area (Å²) in [5.41, 5.74) is 1.78. The van der Waals surface area contributed by atoms with Gasteiger partial charge in [0, 0.05) is 15.2 Å². The number of piperazine rings is 1. The molecule has 1 atom stereocenters. The van der Waals surface area contributed by atoms with Crippen LogP contribution in [0.4, 0.5) is 11.4 Å². The van der Waals surface area contributed by atoms with Crippen molar-refractivity contribution in [1.29, 1.82) is 0 Å². The molecular weight excluding hydrogens is 430 g/mol. The number of halogens is 2. The van der Waals surface area contributed by atoms with E-state index in [-0.39, 0.29) is 24.3 Å². The number of carbonyl (C=O) groups excluding carboxylic acids is 2. The summed E-state index contributed by atoms with van der Waals surface area (Å²) in [7, 11) is 0. The lowest BCUT2D eigenvalue weighted by molar-refractivity contribution is -0.915. The fourth-order valence-electron chi connectivity index (χ4n) is 3.89. The average Bonchev–Trinajstić information content (AvgIpc) is 2.97. The molecule has 0 bridgehead atoms. The molecule has 2 saturated heterocycles. The topological polar surface area (TPSA) is 45.1 Å². The van der Waals surface area contributed by atoms with Crippen LogP contribution < -0.4 is 14.7 Å². The van der Waals surface area contributed by atoms with Gasteiger partial charge in [-0.2, -0.15) is 0 Å². The summed E-state index contributed by atoms with van der Waals surface area (Å²) in [5.74, 6) is -0.205. The smallest absolute Gasteiger partial charge is 0.292 e. The van der Waals surface area contributed by atoms with Crippen LogP contribution in [0.5, 0.6) is 0 Å². The molecule has 0 saturated carbocycles. The van der Waals surface area contributed by atoms with Crippen molar-refractivity contribution in [3.8, 4) is 0 Å². The van der Waals surface area contributed by atoms with E-state index in [1.165, 1.54) is 9.80 Å². The SMILES string of the molecule is O=C1CC([NH+]2CCN(c3ccc(Cl)cc3)CC2)C(=O)N1c1cccc(Br)c1. The Hall–Kier alpha value is -1.89. The first-order valence-electron chi connectivity index (χ1n) is 9.00. The first-order valence-corrected chi connectivity index (χ1v) is 10.2. The van der Waals surface area contributed by atoms with Crippen molar-refractivity contribution in [2.45, 2.75) is 12.5 Å². The second-order valence-corrected chi connectivity index (χ2v) is 8.28. The maximum Gasteiger partial charge on any atom is 0.292 e. The van der Waals surface area contributed by atoms with Gasteiger partial charge in [0.2, 0.25) is 5.91 Å². The third kappa shape index (κ3) is 3.74. The van der Waals surface area contributed by atoms with E-state index in [1.54, 1.807) is 6.07 Å². The summed E-state index contributed by atoms with van der Waals surface area (Å²) in [6.45, 7) is 3.37. The highest BCUT2D eigenvalue weighted by atomic mass is 79.9. The first-order chi connectivity index (χ1) is 13.0. The normalized spacial score (nSPS) is 21.2. The monoisotopic (exact) mass is 448 g/mol. The fraction of sp³-hybridized carbons (Fsp3) is 0.300. The molecule has 27 heavy (non-hydrogen) atoms. The molecule has 0 spiro atoms. The maximum absolute atomic E-state index is 13.0. The maximum atomic E-state index is 13.0. The van der Waals surface area contributed by atoms with Gasteiger partial charge in [-0.3, -0.25) is 9.59 Å². The Kier molecular flexibility index (Phi) is 5.21. The molecule has 7 heteroatoms. The lowest BCUT2D eigenvalue weighted by atomic mass is 10.1. The van der Waals surface area contributed by atoms with Crippen LogP contribution in [0.2, 0.25) is 5.02 Å².